The van der Waals surface area contributed by atoms with Crippen molar-refractivity contribution >= 4 is 5.71 Å². The quantitative estimate of drug-likeness (QED) is 0.481. The Balaban J connectivity index is 3.11. The van der Waals surface area contributed by atoms with Gasteiger partial charge >= 0.3 is 0 Å². The van der Waals surface area contributed by atoms with Gasteiger partial charge in [0.05, 0.1) is 17.5 Å². The van der Waals surface area contributed by atoms with Gasteiger partial charge in [0.25, 0.3) is 0 Å². The first-order chi connectivity index (χ1) is 10.4. The second-order valence-corrected chi connectivity index (χ2v) is 5.14. The molecule has 0 aliphatic carbocycles. The minimum atomic E-state index is -0.777. The smallest absolute Gasteiger partial charge is 0.1000 e. The molecule has 0 heterocycles. The van der Waals surface area contributed by atoms with Crippen LogP contribution in [0, 0.1) is 19.3 Å². The van der Waals surface area contributed by atoms with E-state index in [2.05, 4.69) is 5.32 Å². The number of allylic oxidation sites excluding steroid dienone is 3. The van der Waals surface area contributed by atoms with Crippen LogP contribution in [0.5, 0.6) is 0 Å². The second-order valence-electron chi connectivity index (χ2n) is 5.14. The number of nitrogens with one attached hydrogen (secondary N) is 2. The molecule has 1 atom stereocenters. The van der Waals surface area contributed by atoms with Crippen molar-refractivity contribution in [1.82, 2.24) is 5.32 Å². The molecule has 22 heavy (non-hydrogen) atoms. The summed E-state index contributed by atoms with van der Waals surface area (Å²) in [7, 11) is 1.72. The summed E-state index contributed by atoms with van der Waals surface area (Å²) in [4.78, 5) is 0. The zero-order valence-electron chi connectivity index (χ0n) is 13.6. The zero-order chi connectivity index (χ0) is 16.7. The maximum absolute atomic E-state index is 10.5. The van der Waals surface area contributed by atoms with Gasteiger partial charge in [0.15, 0.2) is 0 Å². The van der Waals surface area contributed by atoms with Gasteiger partial charge in [-0.25, -0.2) is 0 Å². The number of aliphatic hydroxyl groups is 1. The summed E-state index contributed by atoms with van der Waals surface area (Å²) in [6.45, 7) is 5.80. The van der Waals surface area contributed by atoms with Gasteiger partial charge in [-0.1, -0.05) is 24.3 Å². The van der Waals surface area contributed by atoms with E-state index >= 15 is 0 Å². The minimum Gasteiger partial charge on any atom is -0.399 e. The number of nitrogens with two attached hydrogens (primary N) is 1. The normalized spacial score (nSPS) is 14.2. The lowest BCUT2D eigenvalue weighted by atomic mass is 9.97. The van der Waals surface area contributed by atoms with Crippen LogP contribution in [0.25, 0.3) is 0 Å². The van der Waals surface area contributed by atoms with E-state index in [1.54, 1.807) is 25.3 Å². The van der Waals surface area contributed by atoms with Gasteiger partial charge < -0.3 is 16.2 Å². The molecule has 0 fully saturated rings. The molecule has 0 saturated carbocycles. The standard InChI is InChI=1S/C18H25N3O/c1-5-7-14(19)10-15(20)16(21-4)11-17(22)18-12(2)8-6-9-13(18)3/h5-11,17,20-22H,19H2,1-4H3/b7-5-,14-10+,16-11-,20-15?. The maximum atomic E-state index is 10.5. The van der Waals surface area contributed by atoms with Crippen LogP contribution in [0.15, 0.2) is 53.9 Å². The van der Waals surface area contributed by atoms with Crippen LogP contribution < -0.4 is 11.1 Å². The van der Waals surface area contributed by atoms with Gasteiger partial charge in [-0.3, -0.25) is 5.41 Å². The Morgan fingerprint density at radius 3 is 2.41 bits per heavy atom. The zero-order valence-corrected chi connectivity index (χ0v) is 13.6. The van der Waals surface area contributed by atoms with Crippen LogP contribution >= 0.6 is 0 Å². The summed E-state index contributed by atoms with van der Waals surface area (Å²) in [5.41, 5.74) is 9.95. The third-order valence-corrected chi connectivity index (χ3v) is 3.39. The van der Waals surface area contributed by atoms with E-state index in [9.17, 15) is 5.11 Å². The molecule has 0 radical (unpaired) electrons. The number of aliphatic hydroxyl groups excluding tert-OH is 1. The molecule has 5 N–H and O–H groups in total. The van der Waals surface area contributed by atoms with Crippen molar-refractivity contribution in [2.75, 3.05) is 7.05 Å². The summed E-state index contributed by atoms with van der Waals surface area (Å²) in [5.74, 6) is 0. The van der Waals surface area contributed by atoms with E-state index in [1.807, 2.05) is 45.0 Å². The summed E-state index contributed by atoms with van der Waals surface area (Å²) >= 11 is 0. The molecule has 0 amide bonds. The van der Waals surface area contributed by atoms with Crippen molar-refractivity contribution < 1.29 is 5.11 Å². The van der Waals surface area contributed by atoms with Crippen molar-refractivity contribution in [1.29, 1.82) is 5.41 Å². The Morgan fingerprint density at radius 1 is 1.32 bits per heavy atom. The molecule has 0 saturated heterocycles. The average Bonchev–Trinajstić information content (AvgIpc) is 2.44. The molecule has 1 aromatic carbocycles. The van der Waals surface area contributed by atoms with Crippen LogP contribution in [0.3, 0.4) is 0 Å². The molecule has 1 rings (SSSR count). The molecule has 4 heteroatoms. The fourth-order valence-electron chi connectivity index (χ4n) is 2.33. The highest BCUT2D eigenvalue weighted by molar-refractivity contribution is 6.06. The lowest BCUT2D eigenvalue weighted by molar-refractivity contribution is 0.226. The van der Waals surface area contributed by atoms with Gasteiger partial charge in [-0.05, 0) is 55.7 Å². The molecular weight excluding hydrogens is 274 g/mol. The predicted molar refractivity (Wildman–Crippen MR) is 92.8 cm³/mol. The lowest BCUT2D eigenvalue weighted by Crippen LogP contribution is -2.17. The van der Waals surface area contributed by atoms with Crippen molar-refractivity contribution in [3.63, 3.8) is 0 Å². The van der Waals surface area contributed by atoms with Crippen LogP contribution in [-0.2, 0) is 0 Å². The third-order valence-electron chi connectivity index (χ3n) is 3.39. The average molecular weight is 299 g/mol. The Hall–Kier alpha value is -2.33. The van der Waals surface area contributed by atoms with Gasteiger partial charge in [0, 0.05) is 12.7 Å². The largest absolute Gasteiger partial charge is 0.399 e. The molecule has 0 aliphatic heterocycles. The van der Waals surface area contributed by atoms with Crippen LogP contribution in [0.2, 0.25) is 0 Å². The van der Waals surface area contributed by atoms with E-state index in [4.69, 9.17) is 11.1 Å². The van der Waals surface area contributed by atoms with E-state index < -0.39 is 6.10 Å². The molecule has 1 aromatic rings. The van der Waals surface area contributed by atoms with Crippen molar-refractivity contribution in [3.8, 4) is 0 Å². The highest BCUT2D eigenvalue weighted by atomic mass is 16.3. The number of benzene rings is 1. The van der Waals surface area contributed by atoms with E-state index in [0.29, 0.717) is 11.4 Å². The number of hydrogen-bond donors (Lipinski definition) is 4. The molecule has 0 bridgehead atoms. The summed E-state index contributed by atoms with van der Waals surface area (Å²) in [6, 6.07) is 5.90. The first-order valence-corrected chi connectivity index (χ1v) is 7.23. The van der Waals surface area contributed by atoms with Gasteiger partial charge in [0.2, 0.25) is 0 Å². The van der Waals surface area contributed by atoms with Crippen LogP contribution in [-0.4, -0.2) is 17.9 Å². The lowest BCUT2D eigenvalue weighted by Gasteiger charge is -2.15. The molecule has 0 spiro atoms. The first-order valence-electron chi connectivity index (χ1n) is 7.23. The van der Waals surface area contributed by atoms with E-state index in [-0.39, 0.29) is 5.71 Å². The van der Waals surface area contributed by atoms with Gasteiger partial charge in [-0.2, -0.15) is 0 Å². The Morgan fingerprint density at radius 2 is 1.91 bits per heavy atom. The summed E-state index contributed by atoms with van der Waals surface area (Å²) < 4.78 is 0. The molecule has 0 aromatic heterocycles. The van der Waals surface area contributed by atoms with Crippen molar-refractivity contribution in [3.05, 3.63) is 70.6 Å². The molecule has 118 valence electrons. The highest BCUT2D eigenvalue weighted by Crippen LogP contribution is 2.23. The number of hydrogen-bond acceptors (Lipinski definition) is 4. The Kier molecular flexibility index (Phi) is 6.60. The van der Waals surface area contributed by atoms with Crippen molar-refractivity contribution in [2.45, 2.75) is 26.9 Å². The van der Waals surface area contributed by atoms with Gasteiger partial charge in [-0.15, -0.1) is 0 Å². The predicted octanol–water partition coefficient (Wildman–Crippen LogP) is 2.88. The summed E-state index contributed by atoms with van der Waals surface area (Å²) in [6.07, 6.45) is 5.95. The number of aryl methyl sites for hydroxylation is 2. The molecular formula is C18H25N3O. The van der Waals surface area contributed by atoms with Crippen LogP contribution in [0.1, 0.15) is 29.7 Å². The van der Waals surface area contributed by atoms with E-state index in [0.717, 1.165) is 16.7 Å². The second kappa shape index (κ2) is 8.20. The highest BCUT2D eigenvalue weighted by Gasteiger charge is 2.12. The fraction of sp³-hybridized carbons (Fsp3) is 0.278. The SMILES string of the molecule is C/C=C\C(N)=C/C(=N)/C(=C/C(O)c1c(C)cccc1C)NC. The summed E-state index contributed by atoms with van der Waals surface area (Å²) in [5, 5.41) is 21.5. The van der Waals surface area contributed by atoms with E-state index in [1.165, 1.54) is 0 Å². The maximum Gasteiger partial charge on any atom is 0.1000 e. The molecule has 1 unspecified atom stereocenters. The Bertz CT molecular complexity index is 607. The monoisotopic (exact) mass is 299 g/mol. The van der Waals surface area contributed by atoms with Crippen molar-refractivity contribution in [2.24, 2.45) is 5.73 Å². The minimum absolute atomic E-state index is 0.225. The van der Waals surface area contributed by atoms with Crippen LogP contribution in [0.4, 0.5) is 0 Å². The number of rotatable bonds is 6. The fourth-order valence-corrected chi connectivity index (χ4v) is 2.33. The first kappa shape index (κ1) is 17.7. The molecule has 0 aliphatic rings. The Labute approximate surface area is 132 Å². The third kappa shape index (κ3) is 4.60. The topological polar surface area (TPSA) is 82.1 Å². The molecule has 4 nitrogen and oxygen atoms in total. The van der Waals surface area contributed by atoms with Gasteiger partial charge in [0.1, 0.15) is 0 Å².